The maximum atomic E-state index is 13.3. The molecule has 0 radical (unpaired) electrons. The zero-order valence-electron chi connectivity index (χ0n) is 16.5. The molecule has 2 aromatic heterocycles. The fourth-order valence-electron chi connectivity index (χ4n) is 3.35. The Morgan fingerprint density at radius 3 is 2.37 bits per heavy atom. The molecule has 0 amide bonds. The van der Waals surface area contributed by atoms with Gasteiger partial charge in [0.05, 0.1) is 43.8 Å². The first-order valence-electron chi connectivity index (χ1n) is 8.73. The minimum atomic E-state index is -0.221. The number of aryl methyl sites for hydroxylation is 2. The van der Waals surface area contributed by atoms with Crippen LogP contribution in [0, 0.1) is 13.8 Å². The van der Waals surface area contributed by atoms with Crippen molar-refractivity contribution in [2.45, 2.75) is 33.7 Å². The molecule has 1 aromatic carbocycles. The monoisotopic (exact) mass is 372 g/mol. The van der Waals surface area contributed by atoms with Crippen LogP contribution in [0.1, 0.15) is 24.7 Å². The summed E-state index contributed by atoms with van der Waals surface area (Å²) in [5.41, 5.74) is 2.65. The third kappa shape index (κ3) is 2.90. The molecule has 0 saturated carbocycles. The smallest absolute Gasteiger partial charge is 0.266 e. The lowest BCUT2D eigenvalue weighted by atomic mass is 10.2. The Hall–Kier alpha value is -3.03. The van der Waals surface area contributed by atoms with Crippen LogP contribution in [0.15, 0.2) is 17.2 Å². The molecule has 3 aromatic rings. The Balaban J connectivity index is 2.33. The first-order valence-corrected chi connectivity index (χ1v) is 8.73. The highest BCUT2D eigenvalue weighted by molar-refractivity contribution is 5.89. The van der Waals surface area contributed by atoms with Crippen molar-refractivity contribution in [3.8, 4) is 22.9 Å². The second-order valence-corrected chi connectivity index (χ2v) is 6.20. The Bertz CT molecular complexity index is 1050. The van der Waals surface area contributed by atoms with Gasteiger partial charge in [-0.1, -0.05) is 6.92 Å². The zero-order valence-corrected chi connectivity index (χ0v) is 16.5. The van der Waals surface area contributed by atoms with E-state index in [1.54, 1.807) is 6.07 Å². The number of benzene rings is 1. The van der Waals surface area contributed by atoms with Crippen molar-refractivity contribution in [2.24, 2.45) is 0 Å². The lowest BCUT2D eigenvalue weighted by Crippen LogP contribution is -2.20. The number of ether oxygens (including phenoxy) is 3. The van der Waals surface area contributed by atoms with Crippen molar-refractivity contribution in [3.63, 3.8) is 0 Å². The molecule has 27 heavy (non-hydrogen) atoms. The summed E-state index contributed by atoms with van der Waals surface area (Å²) in [7, 11) is 4.54. The van der Waals surface area contributed by atoms with E-state index in [0.717, 1.165) is 30.0 Å². The summed E-state index contributed by atoms with van der Waals surface area (Å²) in [5.74, 6) is 1.18. The molecule has 0 bridgehead atoms. The van der Waals surface area contributed by atoms with Crippen LogP contribution in [0.25, 0.3) is 16.6 Å². The van der Waals surface area contributed by atoms with E-state index >= 15 is 0 Å². The van der Waals surface area contributed by atoms with Crippen LogP contribution in [0.3, 0.4) is 0 Å². The van der Waals surface area contributed by atoms with E-state index in [-0.39, 0.29) is 5.56 Å². The van der Waals surface area contributed by atoms with Crippen molar-refractivity contribution in [3.05, 3.63) is 34.1 Å². The third-order valence-corrected chi connectivity index (χ3v) is 4.57. The van der Waals surface area contributed by atoms with Gasteiger partial charge in [0.15, 0.2) is 11.5 Å². The highest BCUT2D eigenvalue weighted by Crippen LogP contribution is 2.41. The van der Waals surface area contributed by atoms with Gasteiger partial charge in [-0.2, -0.15) is 5.10 Å². The van der Waals surface area contributed by atoms with Crippen LogP contribution in [-0.4, -0.2) is 40.7 Å². The SMILES string of the molecule is CCCn1nc(C)c(-n2cnc3c(OC)c(OC)c(OC)cc3c2=O)c1C. The van der Waals surface area contributed by atoms with E-state index < -0.39 is 0 Å². The van der Waals surface area contributed by atoms with Gasteiger partial charge in [-0.05, 0) is 26.3 Å². The standard InChI is InChI=1S/C19H24N4O4/c1-7-8-23-12(3)16(11(2)21-23)22-10-20-15-13(19(22)24)9-14(25-4)17(26-5)18(15)27-6/h9-10H,7-8H2,1-6H3. The summed E-state index contributed by atoms with van der Waals surface area (Å²) in [5, 5.41) is 4.94. The molecule has 8 nitrogen and oxygen atoms in total. The number of methoxy groups -OCH3 is 3. The number of aromatic nitrogens is 4. The summed E-state index contributed by atoms with van der Waals surface area (Å²) in [6.45, 7) is 6.73. The molecule has 0 unspecified atom stereocenters. The number of hydrogen-bond donors (Lipinski definition) is 0. The average Bonchev–Trinajstić information content (AvgIpc) is 2.94. The van der Waals surface area contributed by atoms with Crippen LogP contribution in [-0.2, 0) is 6.54 Å². The van der Waals surface area contributed by atoms with Crippen LogP contribution >= 0.6 is 0 Å². The van der Waals surface area contributed by atoms with E-state index in [1.807, 2.05) is 18.5 Å². The summed E-state index contributed by atoms with van der Waals surface area (Å²) < 4.78 is 19.6. The average molecular weight is 372 g/mol. The Kier molecular flexibility index (Phi) is 5.07. The van der Waals surface area contributed by atoms with E-state index in [0.29, 0.717) is 28.2 Å². The van der Waals surface area contributed by atoms with Crippen molar-refractivity contribution < 1.29 is 14.2 Å². The highest BCUT2D eigenvalue weighted by atomic mass is 16.5. The van der Waals surface area contributed by atoms with Gasteiger partial charge < -0.3 is 14.2 Å². The van der Waals surface area contributed by atoms with Gasteiger partial charge in [0.1, 0.15) is 11.8 Å². The Morgan fingerprint density at radius 2 is 1.78 bits per heavy atom. The predicted octanol–water partition coefficient (Wildman–Crippen LogP) is 2.63. The number of fused-ring (bicyclic) bond motifs is 1. The van der Waals surface area contributed by atoms with Gasteiger partial charge in [0.25, 0.3) is 5.56 Å². The number of nitrogens with zero attached hydrogens (tertiary/aromatic N) is 4. The van der Waals surface area contributed by atoms with Gasteiger partial charge in [-0.25, -0.2) is 4.98 Å². The fraction of sp³-hybridized carbons (Fsp3) is 0.421. The number of rotatable bonds is 6. The molecule has 0 aliphatic rings. The predicted molar refractivity (Wildman–Crippen MR) is 103 cm³/mol. The topological polar surface area (TPSA) is 80.4 Å². The van der Waals surface area contributed by atoms with Crippen molar-refractivity contribution in [1.82, 2.24) is 19.3 Å². The molecule has 8 heteroatoms. The molecule has 0 N–H and O–H groups in total. The largest absolute Gasteiger partial charge is 0.493 e. The maximum absolute atomic E-state index is 13.3. The quantitative estimate of drug-likeness (QED) is 0.662. The molecule has 3 rings (SSSR count). The van der Waals surface area contributed by atoms with Crippen molar-refractivity contribution in [1.29, 1.82) is 0 Å². The molecule has 0 fully saturated rings. The molecule has 2 heterocycles. The molecule has 144 valence electrons. The summed E-state index contributed by atoms with van der Waals surface area (Å²) in [6, 6.07) is 1.63. The van der Waals surface area contributed by atoms with Gasteiger partial charge in [-0.15, -0.1) is 0 Å². The fourth-order valence-corrected chi connectivity index (χ4v) is 3.35. The lowest BCUT2D eigenvalue weighted by molar-refractivity contribution is 0.326. The second-order valence-electron chi connectivity index (χ2n) is 6.20. The van der Waals surface area contributed by atoms with Crippen LogP contribution in [0.4, 0.5) is 0 Å². The number of hydrogen-bond acceptors (Lipinski definition) is 6. The van der Waals surface area contributed by atoms with E-state index in [2.05, 4.69) is 17.0 Å². The van der Waals surface area contributed by atoms with Gasteiger partial charge >= 0.3 is 0 Å². The van der Waals surface area contributed by atoms with Crippen molar-refractivity contribution in [2.75, 3.05) is 21.3 Å². The second kappa shape index (κ2) is 7.30. The highest BCUT2D eigenvalue weighted by Gasteiger charge is 2.21. The van der Waals surface area contributed by atoms with Gasteiger partial charge in [-0.3, -0.25) is 14.0 Å². The van der Waals surface area contributed by atoms with Gasteiger partial charge in [0.2, 0.25) is 5.75 Å². The third-order valence-electron chi connectivity index (χ3n) is 4.57. The van der Waals surface area contributed by atoms with Crippen molar-refractivity contribution >= 4 is 10.9 Å². The Labute approximate surface area is 157 Å². The van der Waals surface area contributed by atoms with Gasteiger partial charge in [0, 0.05) is 6.54 Å². The molecular weight excluding hydrogens is 348 g/mol. The van der Waals surface area contributed by atoms with Crippen LogP contribution in [0.2, 0.25) is 0 Å². The zero-order chi connectivity index (χ0) is 19.7. The van der Waals surface area contributed by atoms with Crippen LogP contribution < -0.4 is 19.8 Å². The van der Waals surface area contributed by atoms with E-state index in [4.69, 9.17) is 14.2 Å². The minimum absolute atomic E-state index is 0.221. The first kappa shape index (κ1) is 18.8. The minimum Gasteiger partial charge on any atom is -0.493 e. The molecule has 0 aliphatic heterocycles. The lowest BCUT2D eigenvalue weighted by Gasteiger charge is -2.15. The summed E-state index contributed by atoms with van der Waals surface area (Å²) >= 11 is 0. The molecule has 0 saturated heterocycles. The summed E-state index contributed by atoms with van der Waals surface area (Å²) in [4.78, 5) is 17.7. The Morgan fingerprint density at radius 1 is 1.07 bits per heavy atom. The normalized spacial score (nSPS) is 11.0. The van der Waals surface area contributed by atoms with Crippen LogP contribution in [0.5, 0.6) is 17.2 Å². The summed E-state index contributed by atoms with van der Waals surface area (Å²) in [6.07, 6.45) is 2.47. The molecular formula is C19H24N4O4. The van der Waals surface area contributed by atoms with E-state index in [9.17, 15) is 4.79 Å². The molecule has 0 spiro atoms. The molecule has 0 aliphatic carbocycles. The van der Waals surface area contributed by atoms with E-state index in [1.165, 1.54) is 32.2 Å². The molecule has 0 atom stereocenters. The first-order chi connectivity index (χ1) is 13.0. The maximum Gasteiger partial charge on any atom is 0.266 e.